The van der Waals surface area contributed by atoms with E-state index in [1.54, 1.807) is 0 Å². The van der Waals surface area contributed by atoms with Gasteiger partial charge in [0, 0.05) is 11.6 Å². The molecule has 2 aliphatic rings. The van der Waals surface area contributed by atoms with E-state index in [0.717, 1.165) is 5.92 Å². The van der Waals surface area contributed by atoms with Crippen molar-refractivity contribution in [3.05, 3.63) is 0 Å². The molecule has 0 bridgehead atoms. The number of hydrogen-bond acceptors (Lipinski definition) is 2. The van der Waals surface area contributed by atoms with Gasteiger partial charge in [-0.05, 0) is 52.1 Å². The zero-order chi connectivity index (χ0) is 10.9. The van der Waals surface area contributed by atoms with E-state index >= 15 is 0 Å². The molecule has 0 radical (unpaired) electrons. The Labute approximate surface area is 94.2 Å². The summed E-state index contributed by atoms with van der Waals surface area (Å²) >= 11 is 0. The highest BCUT2D eigenvalue weighted by Gasteiger charge is 2.36. The number of nitrogens with zero attached hydrogens (tertiary/aromatic N) is 1. The molecule has 1 atom stereocenters. The smallest absolute Gasteiger partial charge is 0.0304 e. The molecular formula is C13H26N2. The van der Waals surface area contributed by atoms with Crippen LogP contribution < -0.4 is 5.73 Å². The van der Waals surface area contributed by atoms with Crippen LogP contribution in [0.5, 0.6) is 0 Å². The monoisotopic (exact) mass is 210 g/mol. The van der Waals surface area contributed by atoms with Crippen LogP contribution in [-0.2, 0) is 0 Å². The molecule has 2 heteroatoms. The van der Waals surface area contributed by atoms with E-state index in [-0.39, 0.29) is 5.54 Å². The predicted octanol–water partition coefficient (Wildman–Crippen LogP) is 2.38. The Kier molecular flexibility index (Phi) is 3.36. The van der Waals surface area contributed by atoms with Crippen LogP contribution in [0.3, 0.4) is 0 Å². The summed E-state index contributed by atoms with van der Waals surface area (Å²) in [5.74, 6) is 0.948. The molecule has 1 saturated heterocycles. The van der Waals surface area contributed by atoms with Crippen molar-refractivity contribution in [3.63, 3.8) is 0 Å². The van der Waals surface area contributed by atoms with Crippen molar-refractivity contribution in [1.82, 2.24) is 4.90 Å². The number of nitrogens with two attached hydrogens (primary N) is 1. The first-order chi connectivity index (χ1) is 7.10. The van der Waals surface area contributed by atoms with Gasteiger partial charge in [-0.1, -0.05) is 19.3 Å². The van der Waals surface area contributed by atoms with Crippen LogP contribution in [0, 0.1) is 5.92 Å². The lowest BCUT2D eigenvalue weighted by Crippen LogP contribution is -2.57. The number of likely N-dealkylation sites (tertiary alicyclic amines) is 1. The molecule has 2 N–H and O–H groups in total. The Bertz CT molecular complexity index is 203. The standard InChI is InChI=1S/C13H26N2/c1-13(2,12(14)10-11-6-7-11)15-8-4-3-5-9-15/h11-12H,3-10,14H2,1-2H3. The van der Waals surface area contributed by atoms with Crippen LogP contribution in [-0.4, -0.2) is 29.6 Å². The second kappa shape index (κ2) is 4.42. The maximum absolute atomic E-state index is 6.38. The quantitative estimate of drug-likeness (QED) is 0.772. The van der Waals surface area contributed by atoms with Crippen LogP contribution >= 0.6 is 0 Å². The molecule has 0 aromatic rings. The predicted molar refractivity (Wildman–Crippen MR) is 64.8 cm³/mol. The number of hydrogen-bond donors (Lipinski definition) is 1. The number of piperidine rings is 1. The van der Waals surface area contributed by atoms with Gasteiger partial charge < -0.3 is 5.73 Å². The highest BCUT2D eigenvalue weighted by molar-refractivity contribution is 4.95. The van der Waals surface area contributed by atoms with Crippen LogP contribution in [0.1, 0.15) is 52.4 Å². The van der Waals surface area contributed by atoms with Crippen molar-refractivity contribution in [2.24, 2.45) is 11.7 Å². The molecule has 0 spiro atoms. The third-order valence-corrected chi connectivity index (χ3v) is 4.36. The third kappa shape index (κ3) is 2.73. The van der Waals surface area contributed by atoms with E-state index < -0.39 is 0 Å². The molecule has 2 fully saturated rings. The molecule has 1 aliphatic heterocycles. The lowest BCUT2D eigenvalue weighted by atomic mass is 9.87. The summed E-state index contributed by atoms with van der Waals surface area (Å²) in [5.41, 5.74) is 6.59. The van der Waals surface area contributed by atoms with Gasteiger partial charge >= 0.3 is 0 Å². The van der Waals surface area contributed by atoms with E-state index in [4.69, 9.17) is 5.73 Å². The van der Waals surface area contributed by atoms with Gasteiger partial charge in [-0.15, -0.1) is 0 Å². The van der Waals surface area contributed by atoms with Crippen LogP contribution in [0.25, 0.3) is 0 Å². The van der Waals surface area contributed by atoms with Gasteiger partial charge in [0.05, 0.1) is 0 Å². The topological polar surface area (TPSA) is 29.3 Å². The molecule has 0 aromatic heterocycles. The summed E-state index contributed by atoms with van der Waals surface area (Å²) in [7, 11) is 0. The van der Waals surface area contributed by atoms with Gasteiger partial charge in [0.25, 0.3) is 0 Å². The summed E-state index contributed by atoms with van der Waals surface area (Å²) in [6.07, 6.45) is 8.21. The normalized spacial score (nSPS) is 26.6. The Morgan fingerprint density at radius 3 is 2.33 bits per heavy atom. The fraction of sp³-hybridized carbons (Fsp3) is 1.00. The fourth-order valence-electron chi connectivity index (χ4n) is 2.71. The second-order valence-corrected chi connectivity index (χ2v) is 5.99. The van der Waals surface area contributed by atoms with E-state index in [0.29, 0.717) is 6.04 Å². The largest absolute Gasteiger partial charge is 0.326 e. The molecule has 1 unspecified atom stereocenters. The lowest BCUT2D eigenvalue weighted by Gasteiger charge is -2.44. The summed E-state index contributed by atoms with van der Waals surface area (Å²) in [6.45, 7) is 7.19. The van der Waals surface area contributed by atoms with Crippen molar-refractivity contribution in [1.29, 1.82) is 0 Å². The zero-order valence-corrected chi connectivity index (χ0v) is 10.3. The van der Waals surface area contributed by atoms with Crippen molar-refractivity contribution < 1.29 is 0 Å². The number of rotatable bonds is 4. The highest BCUT2D eigenvalue weighted by atomic mass is 15.2. The van der Waals surface area contributed by atoms with Crippen LogP contribution in [0.4, 0.5) is 0 Å². The molecule has 88 valence electrons. The van der Waals surface area contributed by atoms with Crippen molar-refractivity contribution >= 4 is 0 Å². The maximum atomic E-state index is 6.38. The minimum absolute atomic E-state index is 0.211. The minimum Gasteiger partial charge on any atom is -0.326 e. The van der Waals surface area contributed by atoms with Crippen LogP contribution in [0.15, 0.2) is 0 Å². The molecule has 0 amide bonds. The van der Waals surface area contributed by atoms with E-state index in [9.17, 15) is 0 Å². The second-order valence-electron chi connectivity index (χ2n) is 5.99. The van der Waals surface area contributed by atoms with Gasteiger partial charge in [-0.3, -0.25) is 4.90 Å². The van der Waals surface area contributed by atoms with Gasteiger partial charge in [-0.25, -0.2) is 0 Å². The van der Waals surface area contributed by atoms with Crippen molar-refractivity contribution in [2.45, 2.75) is 64.0 Å². The Morgan fingerprint density at radius 2 is 1.80 bits per heavy atom. The molecule has 2 nitrogen and oxygen atoms in total. The first kappa shape index (κ1) is 11.4. The average molecular weight is 210 g/mol. The van der Waals surface area contributed by atoms with Gasteiger partial charge in [0.1, 0.15) is 0 Å². The zero-order valence-electron chi connectivity index (χ0n) is 10.3. The van der Waals surface area contributed by atoms with Gasteiger partial charge in [0.15, 0.2) is 0 Å². The summed E-state index contributed by atoms with van der Waals surface area (Å²) in [4.78, 5) is 2.61. The van der Waals surface area contributed by atoms with Crippen LogP contribution in [0.2, 0.25) is 0 Å². The summed E-state index contributed by atoms with van der Waals surface area (Å²) in [5, 5.41) is 0. The van der Waals surface area contributed by atoms with Gasteiger partial charge in [-0.2, -0.15) is 0 Å². The van der Waals surface area contributed by atoms with Crippen molar-refractivity contribution in [2.75, 3.05) is 13.1 Å². The molecule has 1 aliphatic carbocycles. The van der Waals surface area contributed by atoms with E-state index in [2.05, 4.69) is 18.7 Å². The average Bonchev–Trinajstić information content (AvgIpc) is 3.03. The Morgan fingerprint density at radius 1 is 1.20 bits per heavy atom. The minimum atomic E-state index is 0.211. The molecule has 1 saturated carbocycles. The third-order valence-electron chi connectivity index (χ3n) is 4.36. The summed E-state index contributed by atoms with van der Waals surface area (Å²) in [6, 6.07) is 0.364. The molecule has 15 heavy (non-hydrogen) atoms. The molecular weight excluding hydrogens is 184 g/mol. The first-order valence-corrected chi connectivity index (χ1v) is 6.61. The molecule has 2 rings (SSSR count). The fourth-order valence-corrected chi connectivity index (χ4v) is 2.71. The van der Waals surface area contributed by atoms with E-state index in [1.807, 2.05) is 0 Å². The summed E-state index contributed by atoms with van der Waals surface area (Å²) < 4.78 is 0. The highest BCUT2D eigenvalue weighted by Crippen LogP contribution is 2.36. The lowest BCUT2D eigenvalue weighted by molar-refractivity contribution is 0.0690. The SMILES string of the molecule is CC(C)(C(N)CC1CC1)N1CCCCC1. The van der Waals surface area contributed by atoms with Crippen molar-refractivity contribution in [3.8, 4) is 0 Å². The molecule has 0 aromatic carbocycles. The van der Waals surface area contributed by atoms with Gasteiger partial charge in [0.2, 0.25) is 0 Å². The van der Waals surface area contributed by atoms with E-state index in [1.165, 1.54) is 51.6 Å². The molecule has 1 heterocycles. The Balaban J connectivity index is 1.89. The maximum Gasteiger partial charge on any atom is 0.0304 e. The first-order valence-electron chi connectivity index (χ1n) is 6.61. The Hall–Kier alpha value is -0.0800.